The van der Waals surface area contributed by atoms with Crippen LogP contribution < -0.4 is 14.8 Å². The van der Waals surface area contributed by atoms with Gasteiger partial charge in [0.25, 0.3) is 5.91 Å². The monoisotopic (exact) mass is 389 g/mol. The molecular formula is C18H19N3O3S2. The SMILES string of the molecule is C/C=C/c1ccc(OCC(=O)Nc2nc(C)c(SCC#N)s2)c(OC)c1. The standard InChI is InChI=1S/C18H19N3O3S2/c1-4-5-13-6-7-14(15(10-13)23-3)24-11-16(22)21-18-20-12(2)17(26-18)25-9-8-19/h4-7,10H,9,11H2,1-3H3,(H,20,21,22)/b5-4+. The van der Waals surface area contributed by atoms with E-state index in [0.29, 0.717) is 22.4 Å². The summed E-state index contributed by atoms with van der Waals surface area (Å²) in [6.45, 7) is 3.63. The third-order valence-electron chi connectivity index (χ3n) is 3.17. The number of nitriles is 1. The predicted molar refractivity (Wildman–Crippen MR) is 105 cm³/mol. The Hall–Kier alpha value is -2.50. The van der Waals surface area contributed by atoms with Crippen LogP contribution in [0.4, 0.5) is 5.13 Å². The van der Waals surface area contributed by atoms with E-state index < -0.39 is 0 Å². The fourth-order valence-electron chi connectivity index (χ4n) is 2.07. The van der Waals surface area contributed by atoms with Crippen molar-refractivity contribution < 1.29 is 14.3 Å². The van der Waals surface area contributed by atoms with Crippen LogP contribution in [-0.4, -0.2) is 30.4 Å². The zero-order chi connectivity index (χ0) is 18.9. The number of anilines is 1. The zero-order valence-corrected chi connectivity index (χ0v) is 16.4. The lowest BCUT2D eigenvalue weighted by Gasteiger charge is -2.11. The zero-order valence-electron chi connectivity index (χ0n) is 14.7. The van der Waals surface area contributed by atoms with Crippen LogP contribution in [0.1, 0.15) is 18.2 Å². The highest BCUT2D eigenvalue weighted by Crippen LogP contribution is 2.32. The van der Waals surface area contributed by atoms with Crippen LogP contribution in [0, 0.1) is 18.3 Å². The summed E-state index contributed by atoms with van der Waals surface area (Å²) in [4.78, 5) is 16.4. The van der Waals surface area contributed by atoms with E-state index in [1.165, 1.54) is 23.1 Å². The summed E-state index contributed by atoms with van der Waals surface area (Å²) in [7, 11) is 1.56. The largest absolute Gasteiger partial charge is 0.493 e. The van der Waals surface area contributed by atoms with E-state index in [-0.39, 0.29) is 12.5 Å². The molecule has 2 rings (SSSR count). The smallest absolute Gasteiger partial charge is 0.264 e. The van der Waals surface area contributed by atoms with Gasteiger partial charge in [-0.3, -0.25) is 10.1 Å². The number of thiazole rings is 1. The number of ether oxygens (including phenoxy) is 2. The maximum Gasteiger partial charge on any atom is 0.264 e. The third kappa shape index (κ3) is 5.51. The minimum atomic E-state index is -0.310. The van der Waals surface area contributed by atoms with E-state index in [4.69, 9.17) is 14.7 Å². The molecule has 0 aliphatic rings. The average Bonchev–Trinajstić information content (AvgIpc) is 2.98. The van der Waals surface area contributed by atoms with Gasteiger partial charge in [-0.1, -0.05) is 41.3 Å². The third-order valence-corrected chi connectivity index (χ3v) is 5.48. The molecule has 1 N–H and O–H groups in total. The fraction of sp³-hybridized carbons (Fsp3) is 0.278. The maximum absolute atomic E-state index is 12.1. The molecule has 0 saturated heterocycles. The van der Waals surface area contributed by atoms with E-state index in [1.54, 1.807) is 13.2 Å². The molecule has 2 aromatic rings. The Morgan fingerprint density at radius 1 is 1.46 bits per heavy atom. The number of nitrogens with one attached hydrogen (secondary N) is 1. The van der Waals surface area contributed by atoms with E-state index >= 15 is 0 Å². The number of carbonyl (C=O) groups excluding carboxylic acids is 1. The van der Waals surface area contributed by atoms with E-state index in [0.717, 1.165) is 15.5 Å². The summed E-state index contributed by atoms with van der Waals surface area (Å²) in [5, 5.41) is 11.9. The molecule has 1 aromatic heterocycles. The number of allylic oxidation sites excluding steroid dienone is 1. The van der Waals surface area contributed by atoms with Crippen LogP contribution in [0.3, 0.4) is 0 Å². The van der Waals surface area contributed by atoms with Crippen molar-refractivity contribution in [1.82, 2.24) is 4.98 Å². The van der Waals surface area contributed by atoms with Crippen LogP contribution in [0.5, 0.6) is 11.5 Å². The topological polar surface area (TPSA) is 84.2 Å². The van der Waals surface area contributed by atoms with Gasteiger partial charge >= 0.3 is 0 Å². The van der Waals surface area contributed by atoms with Gasteiger partial charge in [-0.2, -0.15) is 5.26 Å². The number of aromatic nitrogens is 1. The van der Waals surface area contributed by atoms with Crippen molar-refractivity contribution in [2.24, 2.45) is 0 Å². The number of hydrogen-bond donors (Lipinski definition) is 1. The van der Waals surface area contributed by atoms with Gasteiger partial charge in [0.05, 0.1) is 28.8 Å². The Balaban J connectivity index is 1.96. The van der Waals surface area contributed by atoms with Gasteiger partial charge in [0.15, 0.2) is 23.2 Å². The summed E-state index contributed by atoms with van der Waals surface area (Å²) < 4.78 is 11.8. The van der Waals surface area contributed by atoms with E-state index in [1.807, 2.05) is 38.1 Å². The van der Waals surface area contributed by atoms with Crippen LogP contribution in [-0.2, 0) is 4.79 Å². The van der Waals surface area contributed by atoms with Crippen molar-refractivity contribution in [2.75, 3.05) is 24.8 Å². The first kappa shape index (κ1) is 19.8. The Labute approximate surface area is 160 Å². The number of thioether (sulfide) groups is 1. The van der Waals surface area contributed by atoms with Crippen LogP contribution in [0.2, 0.25) is 0 Å². The molecule has 6 nitrogen and oxygen atoms in total. The second-order valence-corrected chi connectivity index (χ2v) is 7.33. The molecular weight excluding hydrogens is 370 g/mol. The van der Waals surface area contributed by atoms with Crippen LogP contribution in [0.15, 0.2) is 28.5 Å². The second kappa shape index (κ2) is 9.85. The Morgan fingerprint density at radius 2 is 2.27 bits per heavy atom. The van der Waals surface area contributed by atoms with Gasteiger partial charge in [0, 0.05) is 0 Å². The number of nitrogens with zero attached hydrogens (tertiary/aromatic N) is 2. The highest BCUT2D eigenvalue weighted by Gasteiger charge is 2.12. The number of benzene rings is 1. The summed E-state index contributed by atoms with van der Waals surface area (Å²) in [5.74, 6) is 1.10. The second-order valence-electron chi connectivity index (χ2n) is 5.09. The molecule has 0 atom stereocenters. The number of carbonyl (C=O) groups is 1. The molecule has 136 valence electrons. The number of methoxy groups -OCH3 is 1. The molecule has 26 heavy (non-hydrogen) atoms. The van der Waals surface area contributed by atoms with Crippen molar-refractivity contribution in [1.29, 1.82) is 5.26 Å². The number of rotatable bonds is 8. The molecule has 8 heteroatoms. The molecule has 1 heterocycles. The molecule has 1 aromatic carbocycles. The van der Waals surface area contributed by atoms with Gasteiger partial charge in [-0.25, -0.2) is 4.98 Å². The quantitative estimate of drug-likeness (QED) is 0.684. The molecule has 0 bridgehead atoms. The lowest BCUT2D eigenvalue weighted by Crippen LogP contribution is -2.20. The minimum Gasteiger partial charge on any atom is -0.493 e. The fourth-order valence-corrected chi connectivity index (χ4v) is 3.88. The van der Waals surface area contributed by atoms with Gasteiger partial charge in [-0.05, 0) is 31.5 Å². The molecule has 0 saturated carbocycles. The molecule has 0 aliphatic carbocycles. The summed E-state index contributed by atoms with van der Waals surface area (Å²) in [6.07, 6.45) is 3.88. The summed E-state index contributed by atoms with van der Waals surface area (Å²) >= 11 is 2.75. The first-order valence-corrected chi connectivity index (χ1v) is 9.58. The molecule has 0 unspecified atom stereocenters. The molecule has 0 fully saturated rings. The van der Waals surface area contributed by atoms with Crippen molar-refractivity contribution >= 4 is 40.2 Å². The van der Waals surface area contributed by atoms with Gasteiger partial charge < -0.3 is 9.47 Å². The Bertz CT molecular complexity index is 841. The van der Waals surface area contributed by atoms with E-state index in [2.05, 4.69) is 16.4 Å². The lowest BCUT2D eigenvalue weighted by atomic mass is 10.2. The van der Waals surface area contributed by atoms with Crippen molar-refractivity contribution in [3.05, 3.63) is 35.5 Å². The van der Waals surface area contributed by atoms with Crippen LogP contribution >= 0.6 is 23.1 Å². The minimum absolute atomic E-state index is 0.154. The molecule has 0 aliphatic heterocycles. The summed E-state index contributed by atoms with van der Waals surface area (Å²) in [5.41, 5.74) is 1.79. The molecule has 0 radical (unpaired) electrons. The Kier molecular flexibility index (Phi) is 7.51. The highest BCUT2D eigenvalue weighted by atomic mass is 32.2. The highest BCUT2D eigenvalue weighted by molar-refractivity contribution is 8.01. The van der Waals surface area contributed by atoms with Gasteiger partial charge in [-0.15, -0.1) is 0 Å². The van der Waals surface area contributed by atoms with Crippen molar-refractivity contribution in [2.45, 2.75) is 18.1 Å². The molecule has 1 amide bonds. The summed E-state index contributed by atoms with van der Waals surface area (Å²) in [6, 6.07) is 7.57. The van der Waals surface area contributed by atoms with Crippen molar-refractivity contribution in [3.8, 4) is 17.6 Å². The van der Waals surface area contributed by atoms with Gasteiger partial charge in [0.2, 0.25) is 0 Å². The predicted octanol–water partition coefficient (Wildman–Crippen LogP) is 4.13. The normalized spacial score (nSPS) is 10.5. The number of aryl methyl sites for hydroxylation is 1. The van der Waals surface area contributed by atoms with Crippen molar-refractivity contribution in [3.63, 3.8) is 0 Å². The average molecular weight is 390 g/mol. The molecule has 0 spiro atoms. The first-order valence-electron chi connectivity index (χ1n) is 7.78. The van der Waals surface area contributed by atoms with E-state index in [9.17, 15) is 4.79 Å². The maximum atomic E-state index is 12.1. The number of amides is 1. The lowest BCUT2D eigenvalue weighted by molar-refractivity contribution is -0.118. The Morgan fingerprint density at radius 3 is 2.96 bits per heavy atom. The first-order chi connectivity index (χ1) is 12.6. The van der Waals surface area contributed by atoms with Crippen LogP contribution in [0.25, 0.3) is 6.08 Å². The van der Waals surface area contributed by atoms with Gasteiger partial charge in [0.1, 0.15) is 0 Å². The number of hydrogen-bond acceptors (Lipinski definition) is 7.